The van der Waals surface area contributed by atoms with Gasteiger partial charge >= 0.3 is 0 Å². The highest BCUT2D eigenvalue weighted by molar-refractivity contribution is 5.36. The first-order valence-electron chi connectivity index (χ1n) is 5.44. The van der Waals surface area contributed by atoms with E-state index in [2.05, 4.69) is 11.9 Å². The van der Waals surface area contributed by atoms with Gasteiger partial charge in [-0.05, 0) is 18.6 Å². The van der Waals surface area contributed by atoms with Gasteiger partial charge in [0.05, 0.1) is 6.61 Å². The summed E-state index contributed by atoms with van der Waals surface area (Å²) >= 11 is 0. The molecule has 86 valence electrons. The number of hydrogen-bond acceptors (Lipinski definition) is 4. The van der Waals surface area contributed by atoms with Crippen molar-refractivity contribution in [2.24, 2.45) is 0 Å². The number of unbranched alkanes of at least 4 members (excludes halogenated alkanes) is 1. The summed E-state index contributed by atoms with van der Waals surface area (Å²) in [7, 11) is 0. The highest BCUT2D eigenvalue weighted by Crippen LogP contribution is 2.13. The van der Waals surface area contributed by atoms with Gasteiger partial charge in [-0.25, -0.2) is 4.98 Å². The molecule has 1 heterocycles. The number of hydrogen-bond donors (Lipinski definition) is 0. The Balaban J connectivity index is 2.24. The van der Waals surface area contributed by atoms with Crippen LogP contribution in [0, 0.1) is 11.3 Å². The molecule has 0 N–H and O–H groups in total. The summed E-state index contributed by atoms with van der Waals surface area (Å²) < 4.78 is 10.7. The Hall–Kier alpha value is -1.60. The molecule has 0 aliphatic heterocycles. The van der Waals surface area contributed by atoms with Crippen molar-refractivity contribution < 1.29 is 9.47 Å². The van der Waals surface area contributed by atoms with E-state index in [1.54, 1.807) is 18.3 Å². The minimum atomic E-state index is 0.316. The molecule has 0 radical (unpaired) electrons. The number of nitriles is 1. The highest BCUT2D eigenvalue weighted by Gasteiger charge is 2.02. The summed E-state index contributed by atoms with van der Waals surface area (Å²) in [5, 5.41) is 8.77. The van der Waals surface area contributed by atoms with Crippen molar-refractivity contribution in [3.8, 4) is 11.8 Å². The molecule has 4 nitrogen and oxygen atoms in total. The van der Waals surface area contributed by atoms with Gasteiger partial charge in [0.2, 0.25) is 0 Å². The molecule has 0 saturated heterocycles. The van der Waals surface area contributed by atoms with Crippen LogP contribution in [0.2, 0.25) is 0 Å². The lowest BCUT2D eigenvalue weighted by Crippen LogP contribution is -2.08. The summed E-state index contributed by atoms with van der Waals surface area (Å²) in [6, 6.07) is 5.46. The molecule has 4 heteroatoms. The van der Waals surface area contributed by atoms with Gasteiger partial charge in [-0.2, -0.15) is 5.26 Å². The minimum Gasteiger partial charge on any atom is -0.488 e. The van der Waals surface area contributed by atoms with E-state index in [1.165, 1.54) is 0 Å². The fourth-order valence-corrected chi connectivity index (χ4v) is 1.15. The Morgan fingerprint density at radius 2 is 2.25 bits per heavy atom. The molecule has 0 aliphatic rings. The quantitative estimate of drug-likeness (QED) is 0.661. The van der Waals surface area contributed by atoms with Gasteiger partial charge in [0.1, 0.15) is 12.7 Å². The van der Waals surface area contributed by atoms with E-state index in [4.69, 9.17) is 14.7 Å². The van der Waals surface area contributed by atoms with Crippen molar-refractivity contribution >= 4 is 0 Å². The first kappa shape index (κ1) is 12.5. The standard InChI is InChI=1S/C12H16N2O2/c1-2-3-7-15-8-9-16-12-5-4-6-14-11(12)10-13/h4-6H,2-3,7-9H2,1H3. The maximum absolute atomic E-state index is 8.77. The van der Waals surface area contributed by atoms with E-state index in [-0.39, 0.29) is 0 Å². The highest BCUT2D eigenvalue weighted by atomic mass is 16.5. The lowest BCUT2D eigenvalue weighted by Gasteiger charge is -2.07. The zero-order chi connectivity index (χ0) is 11.6. The Morgan fingerprint density at radius 3 is 3.00 bits per heavy atom. The van der Waals surface area contributed by atoms with Gasteiger partial charge in [0.25, 0.3) is 0 Å². The molecular weight excluding hydrogens is 204 g/mol. The van der Waals surface area contributed by atoms with E-state index in [9.17, 15) is 0 Å². The predicted molar refractivity (Wildman–Crippen MR) is 60.2 cm³/mol. The molecule has 0 saturated carbocycles. The van der Waals surface area contributed by atoms with Gasteiger partial charge in [0.15, 0.2) is 11.4 Å². The smallest absolute Gasteiger partial charge is 0.182 e. The maximum atomic E-state index is 8.77. The molecule has 0 aliphatic carbocycles. The minimum absolute atomic E-state index is 0.316. The van der Waals surface area contributed by atoms with Gasteiger partial charge in [-0.1, -0.05) is 13.3 Å². The molecule has 1 aromatic rings. The first-order chi connectivity index (χ1) is 7.88. The average Bonchev–Trinajstić information content (AvgIpc) is 2.34. The van der Waals surface area contributed by atoms with Crippen molar-refractivity contribution in [2.75, 3.05) is 19.8 Å². The molecule has 1 aromatic heterocycles. The van der Waals surface area contributed by atoms with Crippen molar-refractivity contribution in [3.05, 3.63) is 24.0 Å². The number of pyridine rings is 1. The van der Waals surface area contributed by atoms with Crippen molar-refractivity contribution in [3.63, 3.8) is 0 Å². The topological polar surface area (TPSA) is 55.1 Å². The molecular formula is C12H16N2O2. The van der Waals surface area contributed by atoms with Crippen LogP contribution in [0.4, 0.5) is 0 Å². The second kappa shape index (κ2) is 7.66. The van der Waals surface area contributed by atoms with Crippen LogP contribution in [0.1, 0.15) is 25.5 Å². The number of nitrogens with zero attached hydrogens (tertiary/aromatic N) is 2. The van der Waals surface area contributed by atoms with Gasteiger partial charge in [0, 0.05) is 12.8 Å². The zero-order valence-corrected chi connectivity index (χ0v) is 9.48. The monoisotopic (exact) mass is 220 g/mol. The molecule has 0 fully saturated rings. The fraction of sp³-hybridized carbons (Fsp3) is 0.500. The molecule has 0 spiro atoms. The average molecular weight is 220 g/mol. The van der Waals surface area contributed by atoms with E-state index in [0.717, 1.165) is 19.4 Å². The van der Waals surface area contributed by atoms with E-state index in [1.807, 2.05) is 6.07 Å². The second-order valence-electron chi connectivity index (χ2n) is 3.28. The van der Waals surface area contributed by atoms with Crippen LogP contribution in [0.3, 0.4) is 0 Å². The zero-order valence-electron chi connectivity index (χ0n) is 9.48. The van der Waals surface area contributed by atoms with Gasteiger partial charge < -0.3 is 9.47 Å². The SMILES string of the molecule is CCCCOCCOc1cccnc1C#N. The third-order valence-corrected chi connectivity index (χ3v) is 2.00. The molecule has 0 atom stereocenters. The Labute approximate surface area is 95.8 Å². The third kappa shape index (κ3) is 4.28. The van der Waals surface area contributed by atoms with E-state index >= 15 is 0 Å². The number of ether oxygens (including phenoxy) is 2. The largest absolute Gasteiger partial charge is 0.488 e. The summed E-state index contributed by atoms with van der Waals surface area (Å²) in [4.78, 5) is 3.90. The van der Waals surface area contributed by atoms with Crippen LogP contribution in [0.25, 0.3) is 0 Å². The summed E-state index contributed by atoms with van der Waals surface area (Å²) in [5.74, 6) is 0.518. The van der Waals surface area contributed by atoms with E-state index in [0.29, 0.717) is 24.7 Å². The Kier molecular flexibility index (Phi) is 5.97. The second-order valence-corrected chi connectivity index (χ2v) is 3.28. The summed E-state index contributed by atoms with van der Waals surface area (Å²) in [5.41, 5.74) is 0.316. The lowest BCUT2D eigenvalue weighted by atomic mass is 10.3. The number of aromatic nitrogens is 1. The molecule has 0 bridgehead atoms. The molecule has 16 heavy (non-hydrogen) atoms. The first-order valence-corrected chi connectivity index (χ1v) is 5.44. The van der Waals surface area contributed by atoms with Crippen LogP contribution in [0.5, 0.6) is 5.75 Å². The number of rotatable bonds is 7. The molecule has 1 rings (SSSR count). The lowest BCUT2D eigenvalue weighted by molar-refractivity contribution is 0.0978. The molecule has 0 amide bonds. The Morgan fingerprint density at radius 1 is 1.38 bits per heavy atom. The summed E-state index contributed by atoms with van der Waals surface area (Å²) in [6.07, 6.45) is 3.77. The molecule has 0 unspecified atom stereocenters. The predicted octanol–water partition coefficient (Wildman–Crippen LogP) is 2.15. The normalized spacial score (nSPS) is 9.75. The van der Waals surface area contributed by atoms with Gasteiger partial charge in [-0.15, -0.1) is 0 Å². The van der Waals surface area contributed by atoms with Crippen molar-refractivity contribution in [1.82, 2.24) is 4.98 Å². The third-order valence-electron chi connectivity index (χ3n) is 2.00. The van der Waals surface area contributed by atoms with Crippen LogP contribution >= 0.6 is 0 Å². The van der Waals surface area contributed by atoms with Crippen LogP contribution in [-0.2, 0) is 4.74 Å². The van der Waals surface area contributed by atoms with Gasteiger partial charge in [-0.3, -0.25) is 0 Å². The van der Waals surface area contributed by atoms with Crippen molar-refractivity contribution in [2.45, 2.75) is 19.8 Å². The maximum Gasteiger partial charge on any atom is 0.182 e. The Bertz CT molecular complexity index is 347. The van der Waals surface area contributed by atoms with Crippen LogP contribution in [0.15, 0.2) is 18.3 Å². The van der Waals surface area contributed by atoms with E-state index < -0.39 is 0 Å². The van der Waals surface area contributed by atoms with Crippen LogP contribution < -0.4 is 4.74 Å². The fourth-order valence-electron chi connectivity index (χ4n) is 1.15. The summed E-state index contributed by atoms with van der Waals surface area (Å²) in [6.45, 7) is 3.87. The van der Waals surface area contributed by atoms with Crippen molar-refractivity contribution in [1.29, 1.82) is 5.26 Å². The molecule has 0 aromatic carbocycles. The van der Waals surface area contributed by atoms with Crippen LogP contribution in [-0.4, -0.2) is 24.8 Å².